The van der Waals surface area contributed by atoms with Crippen LogP contribution < -0.4 is 0 Å². The first-order chi connectivity index (χ1) is 7.66. The molecular weight excluding hydrogens is 248 g/mol. The Morgan fingerprint density at radius 1 is 0.941 bits per heavy atom. The highest BCUT2D eigenvalue weighted by Gasteiger charge is 2.22. The van der Waals surface area contributed by atoms with Gasteiger partial charge in [-0.25, -0.2) is 0 Å². The Morgan fingerprint density at radius 3 is 1.41 bits per heavy atom. The lowest BCUT2D eigenvalue weighted by atomic mass is 10.5. The van der Waals surface area contributed by atoms with Crippen LogP contribution in [0.25, 0.3) is 0 Å². The van der Waals surface area contributed by atoms with Crippen molar-refractivity contribution < 1.29 is 13.3 Å². The summed E-state index contributed by atoms with van der Waals surface area (Å²) in [7, 11) is -0.111. The predicted octanol–water partition coefficient (Wildman–Crippen LogP) is 3.42. The van der Waals surface area contributed by atoms with Crippen molar-refractivity contribution in [3.05, 3.63) is 24.6 Å². The maximum atomic E-state index is 5.61. The van der Waals surface area contributed by atoms with Gasteiger partial charge in [-0.1, -0.05) is 5.70 Å². The summed E-state index contributed by atoms with van der Waals surface area (Å²) in [5.41, 5.74) is 3.69. The summed E-state index contributed by atoms with van der Waals surface area (Å²) in [5.74, 6) is 0. The molecule has 0 heterocycles. The fourth-order valence-corrected chi connectivity index (χ4v) is 2.72. The molecule has 0 atom stereocenters. The molecule has 0 rings (SSSR count). The molecule has 0 aromatic rings. The second-order valence-electron chi connectivity index (χ2n) is 4.60. The van der Waals surface area contributed by atoms with Gasteiger partial charge in [0.2, 0.25) is 8.32 Å². The van der Waals surface area contributed by atoms with Gasteiger partial charge in [0.1, 0.15) is 0 Å². The summed E-state index contributed by atoms with van der Waals surface area (Å²) in [6.45, 7) is 17.6. The van der Waals surface area contributed by atoms with E-state index < -0.39 is 16.9 Å². The van der Waals surface area contributed by atoms with Gasteiger partial charge in [0, 0.05) is 20.3 Å². The van der Waals surface area contributed by atoms with E-state index in [0.29, 0.717) is 6.10 Å². The van der Waals surface area contributed by atoms with Crippen molar-refractivity contribution in [3.63, 3.8) is 0 Å². The molecule has 17 heavy (non-hydrogen) atoms. The predicted molar refractivity (Wildman–Crippen MR) is 79.7 cm³/mol. The number of hydrogen-bond donors (Lipinski definition) is 0. The minimum absolute atomic E-state index is 0.338. The van der Waals surface area contributed by atoms with Crippen molar-refractivity contribution in [2.75, 3.05) is 14.2 Å². The van der Waals surface area contributed by atoms with Crippen LogP contribution in [0.1, 0.15) is 13.8 Å². The molecule has 0 amide bonds. The largest absolute Gasteiger partial charge is 0.411 e. The highest BCUT2D eigenvalue weighted by Crippen LogP contribution is 2.07. The van der Waals surface area contributed by atoms with Gasteiger partial charge in [-0.3, -0.25) is 0 Å². The average molecular weight is 277 g/mol. The lowest BCUT2D eigenvalue weighted by Crippen LogP contribution is -2.33. The van der Waals surface area contributed by atoms with Gasteiger partial charge < -0.3 is 13.3 Å². The van der Waals surface area contributed by atoms with Crippen LogP contribution in [-0.2, 0) is 13.3 Å². The maximum Gasteiger partial charge on any atom is 0.360 e. The first-order valence-corrected chi connectivity index (χ1v) is 11.1. The van der Waals surface area contributed by atoms with Crippen molar-refractivity contribution in [2.24, 2.45) is 0 Å². The topological polar surface area (TPSA) is 27.7 Å². The zero-order chi connectivity index (χ0) is 14.1. The van der Waals surface area contributed by atoms with Gasteiger partial charge in [-0.15, -0.1) is 13.2 Å². The number of hydrogen-bond acceptors (Lipinski definition) is 3. The molecule has 0 aliphatic carbocycles. The van der Waals surface area contributed by atoms with Crippen molar-refractivity contribution in [1.82, 2.24) is 0 Å². The van der Waals surface area contributed by atoms with E-state index in [1.54, 1.807) is 19.9 Å². The monoisotopic (exact) mass is 276 g/mol. The minimum atomic E-state index is -1.91. The number of rotatable bonds is 6. The quantitative estimate of drug-likeness (QED) is 0.696. The Kier molecular flexibility index (Phi) is 9.93. The van der Waals surface area contributed by atoms with Gasteiger partial charge in [-0.2, -0.15) is 0 Å². The van der Waals surface area contributed by atoms with Gasteiger partial charge in [0.15, 0.2) is 0 Å². The Balaban J connectivity index is 0. The molecule has 0 saturated heterocycles. The van der Waals surface area contributed by atoms with Crippen LogP contribution >= 0.6 is 0 Å². The fraction of sp³-hybridized carbons (Fsp3) is 0.667. The molecule has 0 N–H and O–H groups in total. The summed E-state index contributed by atoms with van der Waals surface area (Å²) in [5, 5.41) is 0. The van der Waals surface area contributed by atoms with Gasteiger partial charge >= 0.3 is 8.56 Å². The maximum absolute atomic E-state index is 5.61. The van der Waals surface area contributed by atoms with Crippen LogP contribution in [0, 0.1) is 0 Å². The van der Waals surface area contributed by atoms with Gasteiger partial charge in [-0.05, 0) is 39.2 Å². The molecule has 0 aliphatic rings. The first kappa shape index (κ1) is 19.1. The Bertz CT molecular complexity index is 224. The molecule has 0 aliphatic heterocycles. The lowest BCUT2D eigenvalue weighted by molar-refractivity contribution is 0.238. The molecule has 0 aromatic heterocycles. The molecule has 0 saturated carbocycles. The molecule has 102 valence electrons. The third-order valence-corrected chi connectivity index (χ3v) is 6.64. The second kappa shape index (κ2) is 8.82. The average Bonchev–Trinajstić information content (AvgIpc) is 2.27. The zero-order valence-corrected chi connectivity index (χ0v) is 14.4. The van der Waals surface area contributed by atoms with Crippen LogP contribution in [0.5, 0.6) is 0 Å². The Hall–Kier alpha value is -0.206. The van der Waals surface area contributed by atoms with E-state index in [1.165, 1.54) is 0 Å². The molecule has 0 fully saturated rings. The zero-order valence-electron chi connectivity index (χ0n) is 12.4. The van der Waals surface area contributed by atoms with Gasteiger partial charge in [0.05, 0.1) is 0 Å². The van der Waals surface area contributed by atoms with E-state index >= 15 is 0 Å². The first-order valence-electron chi connectivity index (χ1n) is 5.71. The van der Waals surface area contributed by atoms with Crippen LogP contribution in [0.15, 0.2) is 24.6 Å². The molecule has 0 bridgehead atoms. The third-order valence-electron chi connectivity index (χ3n) is 2.21. The van der Waals surface area contributed by atoms with Crippen LogP contribution in [0.2, 0.25) is 19.6 Å². The second-order valence-corrected chi connectivity index (χ2v) is 11.7. The van der Waals surface area contributed by atoms with Crippen LogP contribution in [-0.4, -0.2) is 37.2 Å². The van der Waals surface area contributed by atoms with Crippen LogP contribution in [0.3, 0.4) is 0 Å². The van der Waals surface area contributed by atoms with E-state index in [9.17, 15) is 0 Å². The summed E-state index contributed by atoms with van der Waals surface area (Å²) in [6, 6.07) is 0. The molecule has 0 spiro atoms. The molecule has 5 heteroatoms. The van der Waals surface area contributed by atoms with E-state index in [0.717, 1.165) is 0 Å². The molecule has 0 unspecified atom stereocenters. The molecule has 0 aromatic carbocycles. The Labute approximate surface area is 109 Å². The lowest BCUT2D eigenvalue weighted by Gasteiger charge is -2.20. The summed E-state index contributed by atoms with van der Waals surface area (Å²) in [4.78, 5) is 0. The SMILES string of the molecule is C=C[Si](C)(C)OC(C)C.C=C[Si](C)(OC)OC. The van der Waals surface area contributed by atoms with E-state index in [2.05, 4.69) is 40.1 Å². The molecular formula is C12H28O3Si2. The Morgan fingerprint density at radius 2 is 1.35 bits per heavy atom. The van der Waals surface area contributed by atoms with E-state index in [4.69, 9.17) is 13.3 Å². The standard InChI is InChI=1S/C7H16OSi.C5H12O2Si/c1-6-9(4,5)8-7(2)3;1-5-8(4,6-2)7-3/h6-7H,1H2,2-5H3;5H,1H2,2-4H3. The van der Waals surface area contributed by atoms with Gasteiger partial charge in [0.25, 0.3) is 0 Å². The smallest absolute Gasteiger partial charge is 0.360 e. The normalized spacial score (nSPS) is 11.8. The summed E-state index contributed by atoms with van der Waals surface area (Å²) < 4.78 is 15.7. The van der Waals surface area contributed by atoms with Crippen molar-refractivity contribution in [2.45, 2.75) is 39.6 Å². The highest BCUT2D eigenvalue weighted by atomic mass is 28.4. The van der Waals surface area contributed by atoms with Crippen molar-refractivity contribution in [1.29, 1.82) is 0 Å². The molecule has 0 radical (unpaired) electrons. The summed E-state index contributed by atoms with van der Waals surface area (Å²) in [6.07, 6.45) is 0.338. The third kappa shape index (κ3) is 10.7. The highest BCUT2D eigenvalue weighted by molar-refractivity contribution is 6.76. The van der Waals surface area contributed by atoms with Crippen molar-refractivity contribution >= 4 is 16.9 Å². The fourth-order valence-electron chi connectivity index (χ4n) is 0.906. The summed E-state index contributed by atoms with van der Waals surface area (Å²) >= 11 is 0. The van der Waals surface area contributed by atoms with E-state index in [-0.39, 0.29) is 0 Å². The molecule has 3 nitrogen and oxygen atoms in total. The van der Waals surface area contributed by atoms with Crippen molar-refractivity contribution in [3.8, 4) is 0 Å². The van der Waals surface area contributed by atoms with Crippen LogP contribution in [0.4, 0.5) is 0 Å². The minimum Gasteiger partial charge on any atom is -0.411 e. The van der Waals surface area contributed by atoms with E-state index in [1.807, 2.05) is 12.2 Å².